The third-order valence-electron chi connectivity index (χ3n) is 3.47. The van der Waals surface area contributed by atoms with E-state index in [1.165, 1.54) is 36.1 Å². The van der Waals surface area contributed by atoms with Crippen molar-refractivity contribution in [3.8, 4) is 0 Å². The van der Waals surface area contributed by atoms with Crippen LogP contribution in [0.15, 0.2) is 46.9 Å². The largest absolute Gasteiger partial charge is 0.380 e. The van der Waals surface area contributed by atoms with Crippen LogP contribution in [0.1, 0.15) is 29.9 Å². The van der Waals surface area contributed by atoms with E-state index in [2.05, 4.69) is 45.5 Å². The second kappa shape index (κ2) is 5.33. The van der Waals surface area contributed by atoms with Gasteiger partial charge in [0.25, 0.3) is 0 Å². The predicted octanol–water partition coefficient (Wildman–Crippen LogP) is 5.08. The van der Waals surface area contributed by atoms with Crippen LogP contribution >= 0.6 is 15.9 Å². The highest BCUT2D eigenvalue weighted by Crippen LogP contribution is 2.41. The molecule has 0 saturated heterocycles. The summed E-state index contributed by atoms with van der Waals surface area (Å²) < 4.78 is 13.8. The lowest BCUT2D eigenvalue weighted by Gasteiger charge is -2.12. The van der Waals surface area contributed by atoms with E-state index < -0.39 is 0 Å². The highest BCUT2D eigenvalue weighted by atomic mass is 79.9. The van der Waals surface area contributed by atoms with Crippen molar-refractivity contribution in [2.45, 2.75) is 25.3 Å². The number of benzene rings is 2. The summed E-state index contributed by atoms with van der Waals surface area (Å²) in [5.74, 6) is 0.519. The lowest BCUT2D eigenvalue weighted by molar-refractivity contribution is 0.627. The summed E-state index contributed by atoms with van der Waals surface area (Å²) in [6.07, 6.45) is 2.61. The van der Waals surface area contributed by atoms with Crippen LogP contribution in [0.4, 0.5) is 10.1 Å². The molecule has 2 aromatic rings. The van der Waals surface area contributed by atoms with Crippen LogP contribution in [0.25, 0.3) is 0 Å². The van der Waals surface area contributed by atoms with Crippen LogP contribution in [0.2, 0.25) is 0 Å². The minimum atomic E-state index is -0.226. The summed E-state index contributed by atoms with van der Waals surface area (Å²) in [7, 11) is 0. The van der Waals surface area contributed by atoms with Crippen molar-refractivity contribution in [3.63, 3.8) is 0 Å². The fraction of sp³-hybridized carbons (Fsp3) is 0.250. The van der Waals surface area contributed by atoms with Gasteiger partial charge in [-0.25, -0.2) is 4.39 Å². The maximum atomic E-state index is 13.0. The quantitative estimate of drug-likeness (QED) is 0.828. The van der Waals surface area contributed by atoms with E-state index in [0.29, 0.717) is 0 Å². The van der Waals surface area contributed by atoms with Gasteiger partial charge in [0.1, 0.15) is 5.82 Å². The molecule has 0 heterocycles. The molecule has 1 nitrogen and oxygen atoms in total. The van der Waals surface area contributed by atoms with Crippen molar-refractivity contribution < 1.29 is 4.39 Å². The third-order valence-corrected chi connectivity index (χ3v) is 4.13. The molecule has 3 heteroatoms. The highest BCUT2D eigenvalue weighted by Gasteiger charge is 2.25. The van der Waals surface area contributed by atoms with E-state index in [-0.39, 0.29) is 5.82 Å². The molecule has 1 saturated carbocycles. The van der Waals surface area contributed by atoms with E-state index in [1.54, 1.807) is 6.07 Å². The molecule has 1 fully saturated rings. The van der Waals surface area contributed by atoms with Gasteiger partial charge in [0.2, 0.25) is 0 Å². The third kappa shape index (κ3) is 2.98. The molecule has 0 radical (unpaired) electrons. The van der Waals surface area contributed by atoms with Crippen molar-refractivity contribution in [2.75, 3.05) is 5.32 Å². The second-order valence-electron chi connectivity index (χ2n) is 4.95. The lowest BCUT2D eigenvalue weighted by atomic mass is 10.0. The zero-order chi connectivity index (χ0) is 13.2. The average Bonchev–Trinajstić information content (AvgIpc) is 3.22. The molecule has 2 aromatic carbocycles. The summed E-state index contributed by atoms with van der Waals surface area (Å²) >= 11 is 3.38. The van der Waals surface area contributed by atoms with Gasteiger partial charge < -0.3 is 5.32 Å². The lowest BCUT2D eigenvalue weighted by Crippen LogP contribution is -2.03. The standard InChI is InChI=1S/C16H15BrFN/c17-15-9-13(18)7-8-16(15)19-10-12-3-1-2-4-14(12)11-5-6-11/h1-4,7-9,11,19H,5-6,10H2. The topological polar surface area (TPSA) is 12.0 Å². The monoisotopic (exact) mass is 319 g/mol. The molecule has 1 aliphatic carbocycles. The molecule has 0 atom stereocenters. The van der Waals surface area contributed by atoms with Crippen molar-refractivity contribution in [3.05, 3.63) is 63.9 Å². The number of halogens is 2. The molecule has 98 valence electrons. The predicted molar refractivity (Wildman–Crippen MR) is 79.8 cm³/mol. The van der Waals surface area contributed by atoms with Gasteiger partial charge in [-0.1, -0.05) is 24.3 Å². The molecular formula is C16H15BrFN. The van der Waals surface area contributed by atoms with Crippen molar-refractivity contribution in [1.82, 2.24) is 0 Å². The van der Waals surface area contributed by atoms with Gasteiger partial charge in [-0.3, -0.25) is 0 Å². The molecule has 1 N–H and O–H groups in total. The van der Waals surface area contributed by atoms with Crippen LogP contribution in [-0.4, -0.2) is 0 Å². The number of hydrogen-bond donors (Lipinski definition) is 1. The SMILES string of the molecule is Fc1ccc(NCc2ccccc2C2CC2)c(Br)c1. The first-order valence-corrected chi connectivity index (χ1v) is 7.30. The van der Waals surface area contributed by atoms with Crippen LogP contribution < -0.4 is 5.32 Å². The van der Waals surface area contributed by atoms with Crippen molar-refractivity contribution >= 4 is 21.6 Å². The summed E-state index contributed by atoms with van der Waals surface area (Å²) in [5, 5.41) is 3.37. The van der Waals surface area contributed by atoms with Gasteiger partial charge in [0.15, 0.2) is 0 Å². The summed E-state index contributed by atoms with van der Waals surface area (Å²) in [5.41, 5.74) is 3.71. The summed E-state index contributed by atoms with van der Waals surface area (Å²) in [4.78, 5) is 0. The number of hydrogen-bond acceptors (Lipinski definition) is 1. The zero-order valence-corrected chi connectivity index (χ0v) is 12.1. The van der Waals surface area contributed by atoms with Crippen LogP contribution in [0.3, 0.4) is 0 Å². The van der Waals surface area contributed by atoms with Gasteiger partial charge in [0.05, 0.1) is 0 Å². The fourth-order valence-corrected chi connectivity index (χ4v) is 2.80. The van der Waals surface area contributed by atoms with E-state index >= 15 is 0 Å². The minimum absolute atomic E-state index is 0.226. The number of rotatable bonds is 4. The maximum absolute atomic E-state index is 13.0. The highest BCUT2D eigenvalue weighted by molar-refractivity contribution is 9.10. The van der Waals surface area contributed by atoms with Crippen LogP contribution in [0, 0.1) is 5.82 Å². The molecule has 0 aromatic heterocycles. The second-order valence-corrected chi connectivity index (χ2v) is 5.81. The van der Waals surface area contributed by atoms with E-state index in [1.807, 2.05) is 0 Å². The van der Waals surface area contributed by atoms with Crippen LogP contribution in [0.5, 0.6) is 0 Å². The fourth-order valence-electron chi connectivity index (χ4n) is 2.31. The van der Waals surface area contributed by atoms with Crippen molar-refractivity contribution in [2.24, 2.45) is 0 Å². The van der Waals surface area contributed by atoms with Gasteiger partial charge in [0, 0.05) is 16.7 Å². The molecular weight excluding hydrogens is 305 g/mol. The first-order valence-electron chi connectivity index (χ1n) is 6.51. The van der Waals surface area contributed by atoms with Crippen LogP contribution in [-0.2, 0) is 6.54 Å². The van der Waals surface area contributed by atoms with Gasteiger partial charge in [-0.15, -0.1) is 0 Å². The molecule has 0 bridgehead atoms. The van der Waals surface area contributed by atoms with Gasteiger partial charge in [-0.05, 0) is 64.0 Å². The normalized spacial score (nSPS) is 14.4. The summed E-state index contributed by atoms with van der Waals surface area (Å²) in [6.45, 7) is 0.775. The average molecular weight is 320 g/mol. The van der Waals surface area contributed by atoms with Gasteiger partial charge in [-0.2, -0.15) is 0 Å². The molecule has 1 aliphatic rings. The Balaban J connectivity index is 1.75. The molecule has 0 aliphatic heterocycles. The minimum Gasteiger partial charge on any atom is -0.380 e. The Morgan fingerprint density at radius 3 is 2.68 bits per heavy atom. The maximum Gasteiger partial charge on any atom is 0.124 e. The van der Waals surface area contributed by atoms with Gasteiger partial charge >= 0.3 is 0 Å². The molecule has 0 spiro atoms. The smallest absolute Gasteiger partial charge is 0.124 e. The Labute approximate surface area is 121 Å². The Bertz CT molecular complexity index is 593. The molecule has 3 rings (SSSR count). The Morgan fingerprint density at radius 2 is 1.95 bits per heavy atom. The van der Waals surface area contributed by atoms with E-state index in [0.717, 1.165) is 22.6 Å². The van der Waals surface area contributed by atoms with E-state index in [4.69, 9.17) is 0 Å². The van der Waals surface area contributed by atoms with E-state index in [9.17, 15) is 4.39 Å². The Hall–Kier alpha value is -1.35. The first kappa shape index (κ1) is 12.7. The van der Waals surface area contributed by atoms with Crippen molar-refractivity contribution in [1.29, 1.82) is 0 Å². The Kier molecular flexibility index (Phi) is 3.56. The number of anilines is 1. The summed E-state index contributed by atoms with van der Waals surface area (Å²) in [6, 6.07) is 13.3. The molecule has 0 amide bonds. The number of nitrogens with one attached hydrogen (secondary N) is 1. The zero-order valence-electron chi connectivity index (χ0n) is 10.5. The molecule has 0 unspecified atom stereocenters. The Morgan fingerprint density at radius 1 is 1.16 bits per heavy atom. The molecule has 19 heavy (non-hydrogen) atoms. The first-order chi connectivity index (χ1) is 9.24.